The van der Waals surface area contributed by atoms with Crippen molar-refractivity contribution in [2.75, 3.05) is 5.32 Å². The van der Waals surface area contributed by atoms with E-state index in [4.69, 9.17) is 4.98 Å². The molecule has 3 aromatic rings. The van der Waals surface area contributed by atoms with Crippen LogP contribution in [0.2, 0.25) is 0 Å². The first kappa shape index (κ1) is 22.1. The standard InChI is InChI=1S/C27H29FN6/c1-5-26(21-7-6-17(2)23(28)15-21)33-13-11-20(14-18(33)3)24-10-12-29-27(31-24)32-25-16-30-34(19(25)4)22-8-9-22/h6-7,10-16,22,26H,3,5,8-9H2,1-2,4H3,(H,29,31,32). The predicted molar refractivity (Wildman–Crippen MR) is 133 cm³/mol. The van der Waals surface area contributed by atoms with E-state index in [0.717, 1.165) is 40.3 Å². The van der Waals surface area contributed by atoms with Crippen molar-refractivity contribution in [3.8, 4) is 0 Å². The predicted octanol–water partition coefficient (Wildman–Crippen LogP) is 6.39. The van der Waals surface area contributed by atoms with Crippen molar-refractivity contribution < 1.29 is 4.39 Å². The van der Waals surface area contributed by atoms with Crippen LogP contribution in [0.3, 0.4) is 0 Å². The van der Waals surface area contributed by atoms with E-state index in [0.29, 0.717) is 17.6 Å². The number of hydrogen-bond acceptors (Lipinski definition) is 5. The molecule has 1 atom stereocenters. The molecule has 1 fully saturated rings. The molecule has 3 heterocycles. The summed E-state index contributed by atoms with van der Waals surface area (Å²) in [5, 5.41) is 7.81. The molecule has 174 valence electrons. The lowest BCUT2D eigenvalue weighted by Gasteiger charge is -2.33. The summed E-state index contributed by atoms with van der Waals surface area (Å²) in [7, 11) is 0. The van der Waals surface area contributed by atoms with E-state index in [9.17, 15) is 4.39 Å². The number of nitrogens with one attached hydrogen (secondary N) is 1. The SMILES string of the molecule is C=C1C=C(c2ccnc(Nc3cnn(C4CC4)c3C)n2)C=CN1C(CC)c1ccc(C)c(F)c1. The third-order valence-electron chi connectivity index (χ3n) is 6.51. The Morgan fingerprint density at radius 3 is 2.76 bits per heavy atom. The molecule has 34 heavy (non-hydrogen) atoms. The van der Waals surface area contributed by atoms with Crippen LogP contribution in [0.4, 0.5) is 16.0 Å². The van der Waals surface area contributed by atoms with Crippen molar-refractivity contribution in [3.63, 3.8) is 0 Å². The molecule has 0 radical (unpaired) electrons. The van der Waals surface area contributed by atoms with Crippen LogP contribution >= 0.6 is 0 Å². The molecule has 0 saturated heterocycles. The minimum atomic E-state index is -0.183. The molecule has 1 aliphatic carbocycles. The van der Waals surface area contributed by atoms with Gasteiger partial charge < -0.3 is 10.2 Å². The van der Waals surface area contributed by atoms with E-state index < -0.39 is 0 Å². The zero-order chi connectivity index (χ0) is 23.8. The number of benzene rings is 1. The second-order valence-electron chi connectivity index (χ2n) is 8.96. The van der Waals surface area contributed by atoms with E-state index in [-0.39, 0.29) is 11.9 Å². The molecule has 0 spiro atoms. The topological polar surface area (TPSA) is 58.9 Å². The summed E-state index contributed by atoms with van der Waals surface area (Å²) >= 11 is 0. The number of nitrogens with zero attached hydrogens (tertiary/aromatic N) is 5. The fraction of sp³-hybridized carbons (Fsp3) is 0.296. The Kier molecular flexibility index (Phi) is 5.77. The molecule has 0 amide bonds. The first-order valence-corrected chi connectivity index (χ1v) is 11.7. The number of aromatic nitrogens is 4. The lowest BCUT2D eigenvalue weighted by atomic mass is 9.98. The zero-order valence-electron chi connectivity index (χ0n) is 19.8. The highest BCUT2D eigenvalue weighted by atomic mass is 19.1. The van der Waals surface area contributed by atoms with Gasteiger partial charge in [-0.1, -0.05) is 25.6 Å². The van der Waals surface area contributed by atoms with Gasteiger partial charge in [0.2, 0.25) is 5.95 Å². The van der Waals surface area contributed by atoms with Crippen LogP contribution in [0.25, 0.3) is 5.57 Å². The second-order valence-corrected chi connectivity index (χ2v) is 8.96. The van der Waals surface area contributed by atoms with Gasteiger partial charge >= 0.3 is 0 Å². The smallest absolute Gasteiger partial charge is 0.227 e. The highest BCUT2D eigenvalue weighted by molar-refractivity contribution is 5.75. The van der Waals surface area contributed by atoms with Crippen molar-refractivity contribution >= 4 is 17.2 Å². The van der Waals surface area contributed by atoms with Gasteiger partial charge in [-0.15, -0.1) is 0 Å². The van der Waals surface area contributed by atoms with Crippen LogP contribution in [-0.2, 0) is 0 Å². The maximum Gasteiger partial charge on any atom is 0.227 e. The molecule has 1 unspecified atom stereocenters. The van der Waals surface area contributed by atoms with Crippen LogP contribution in [0.15, 0.2) is 67.3 Å². The Morgan fingerprint density at radius 2 is 2.06 bits per heavy atom. The van der Waals surface area contributed by atoms with Gasteiger partial charge in [0.15, 0.2) is 0 Å². The number of aryl methyl sites for hydroxylation is 1. The van der Waals surface area contributed by atoms with E-state index in [2.05, 4.69) is 45.4 Å². The van der Waals surface area contributed by atoms with Crippen LogP contribution in [0.1, 0.15) is 60.8 Å². The highest BCUT2D eigenvalue weighted by Gasteiger charge is 2.27. The van der Waals surface area contributed by atoms with Crippen LogP contribution in [0.5, 0.6) is 0 Å². The Balaban J connectivity index is 1.34. The number of hydrogen-bond donors (Lipinski definition) is 1. The molecule has 7 heteroatoms. The Morgan fingerprint density at radius 1 is 1.24 bits per heavy atom. The third-order valence-corrected chi connectivity index (χ3v) is 6.51. The minimum Gasteiger partial charge on any atom is -0.341 e. The number of allylic oxidation sites excluding steroid dienone is 3. The summed E-state index contributed by atoms with van der Waals surface area (Å²) in [6, 6.07) is 7.86. The van der Waals surface area contributed by atoms with Gasteiger partial charge in [0.25, 0.3) is 0 Å². The van der Waals surface area contributed by atoms with Crippen LogP contribution in [-0.4, -0.2) is 24.6 Å². The summed E-state index contributed by atoms with van der Waals surface area (Å²) in [6.07, 6.45) is 12.8. The Labute approximate surface area is 199 Å². The molecule has 5 rings (SSSR count). The fourth-order valence-electron chi connectivity index (χ4n) is 4.36. The Hall–Kier alpha value is -3.74. The van der Waals surface area contributed by atoms with Crippen molar-refractivity contribution in [1.82, 2.24) is 24.6 Å². The lowest BCUT2D eigenvalue weighted by Crippen LogP contribution is -2.23. The molecular formula is C27H29FN6. The molecule has 1 aliphatic heterocycles. The molecule has 1 N–H and O–H groups in total. The number of halogens is 1. The van der Waals surface area contributed by atoms with E-state index in [1.165, 1.54) is 12.8 Å². The van der Waals surface area contributed by atoms with Crippen LogP contribution < -0.4 is 5.32 Å². The van der Waals surface area contributed by atoms with Gasteiger partial charge in [0.05, 0.1) is 35.4 Å². The average molecular weight is 457 g/mol. The summed E-state index contributed by atoms with van der Waals surface area (Å²) < 4.78 is 16.3. The largest absolute Gasteiger partial charge is 0.341 e. The van der Waals surface area contributed by atoms with E-state index in [1.807, 2.05) is 42.7 Å². The third kappa shape index (κ3) is 4.25. The van der Waals surface area contributed by atoms with E-state index >= 15 is 0 Å². The van der Waals surface area contributed by atoms with Crippen LogP contribution in [0, 0.1) is 19.7 Å². The average Bonchev–Trinajstić information content (AvgIpc) is 3.61. The quantitative estimate of drug-likeness (QED) is 0.447. The maximum atomic E-state index is 14.2. The highest BCUT2D eigenvalue weighted by Crippen LogP contribution is 2.37. The van der Waals surface area contributed by atoms with Gasteiger partial charge in [0, 0.05) is 23.7 Å². The molecule has 2 aliphatic rings. The first-order chi connectivity index (χ1) is 16.4. The van der Waals surface area contributed by atoms with Crippen molar-refractivity contribution in [3.05, 3.63) is 95.6 Å². The summed E-state index contributed by atoms with van der Waals surface area (Å²) in [4.78, 5) is 11.2. The lowest BCUT2D eigenvalue weighted by molar-refractivity contribution is 0.344. The normalized spacial score (nSPS) is 16.5. The fourth-order valence-corrected chi connectivity index (χ4v) is 4.36. The molecule has 1 aromatic carbocycles. The summed E-state index contributed by atoms with van der Waals surface area (Å²) in [6.45, 7) is 10.2. The number of anilines is 2. The second kappa shape index (κ2) is 8.89. The zero-order valence-corrected chi connectivity index (χ0v) is 19.8. The van der Waals surface area contributed by atoms with Gasteiger partial charge in [-0.25, -0.2) is 14.4 Å². The molecular weight excluding hydrogens is 427 g/mol. The van der Waals surface area contributed by atoms with Crippen molar-refractivity contribution in [2.24, 2.45) is 0 Å². The Bertz CT molecular complexity index is 1300. The molecule has 6 nitrogen and oxygen atoms in total. The monoisotopic (exact) mass is 456 g/mol. The van der Waals surface area contributed by atoms with Gasteiger partial charge in [-0.2, -0.15) is 5.10 Å². The molecule has 1 saturated carbocycles. The molecule has 0 bridgehead atoms. The van der Waals surface area contributed by atoms with Gasteiger partial charge in [0.1, 0.15) is 5.82 Å². The minimum absolute atomic E-state index is 0.00487. The summed E-state index contributed by atoms with van der Waals surface area (Å²) in [5.74, 6) is 0.345. The summed E-state index contributed by atoms with van der Waals surface area (Å²) in [5.41, 5.74) is 6.18. The van der Waals surface area contributed by atoms with Crippen molar-refractivity contribution in [1.29, 1.82) is 0 Å². The maximum absolute atomic E-state index is 14.2. The van der Waals surface area contributed by atoms with Crippen molar-refractivity contribution in [2.45, 2.75) is 52.1 Å². The first-order valence-electron chi connectivity index (χ1n) is 11.7. The number of rotatable bonds is 7. The van der Waals surface area contributed by atoms with Gasteiger partial charge in [-0.05, 0) is 68.5 Å². The molecule has 2 aromatic heterocycles. The van der Waals surface area contributed by atoms with Gasteiger partial charge in [-0.3, -0.25) is 4.68 Å². The van der Waals surface area contributed by atoms with E-state index in [1.54, 1.807) is 19.2 Å².